The second-order valence-electron chi connectivity index (χ2n) is 6.26. The maximum absolute atomic E-state index is 5.96. The number of nitrogens with zero attached hydrogens (tertiary/aromatic N) is 2. The molecular formula is C13H27IN2O. The summed E-state index contributed by atoms with van der Waals surface area (Å²) in [6.45, 7) is 14.1. The lowest BCUT2D eigenvalue weighted by molar-refractivity contribution is -0.278. The number of hydroxylamine groups is 2. The Morgan fingerprint density at radius 1 is 1.18 bits per heavy atom. The molecule has 0 spiro atoms. The van der Waals surface area contributed by atoms with Crippen LogP contribution in [0.3, 0.4) is 0 Å². The van der Waals surface area contributed by atoms with Gasteiger partial charge in [0.1, 0.15) is 0 Å². The second kappa shape index (κ2) is 6.06. The van der Waals surface area contributed by atoms with Crippen molar-refractivity contribution in [1.82, 2.24) is 5.06 Å². The van der Waals surface area contributed by atoms with Crippen molar-refractivity contribution in [2.45, 2.75) is 75.8 Å². The molecule has 0 saturated carbocycles. The maximum atomic E-state index is 5.96. The highest BCUT2D eigenvalue weighted by Crippen LogP contribution is 2.38. The number of halogens is 1. The van der Waals surface area contributed by atoms with E-state index in [1.807, 2.05) is 0 Å². The Hall–Kier alpha value is 0.450. The van der Waals surface area contributed by atoms with E-state index in [1.54, 1.807) is 0 Å². The zero-order valence-electron chi connectivity index (χ0n) is 12.1. The van der Waals surface area contributed by atoms with Crippen LogP contribution >= 0.6 is 21.0 Å². The van der Waals surface area contributed by atoms with Gasteiger partial charge in [-0.3, -0.25) is 4.84 Å². The number of piperidine rings is 1. The van der Waals surface area contributed by atoms with Crippen LogP contribution in [-0.2, 0) is 4.84 Å². The average molecular weight is 354 g/mol. The molecular weight excluding hydrogens is 327 g/mol. The zero-order valence-corrected chi connectivity index (χ0v) is 14.2. The zero-order chi connectivity index (χ0) is 13.1. The standard InChI is InChI=1S/C13H27IN2O/c1-11(2)14-15-10-17-16-12(3,4)8-7-9-13(16,5)6/h11H,7-10H2,1-6H3. The molecule has 17 heavy (non-hydrogen) atoms. The molecule has 0 radical (unpaired) electrons. The molecule has 1 saturated heterocycles. The lowest BCUT2D eigenvalue weighted by Crippen LogP contribution is -2.58. The van der Waals surface area contributed by atoms with Gasteiger partial charge < -0.3 is 0 Å². The summed E-state index contributed by atoms with van der Waals surface area (Å²) in [7, 11) is 0. The SMILES string of the molecule is CC(C)I=NCON1C(C)(C)CCCC1(C)C. The first-order valence-electron chi connectivity index (χ1n) is 6.48. The summed E-state index contributed by atoms with van der Waals surface area (Å²) in [4.78, 5) is 5.96. The van der Waals surface area contributed by atoms with E-state index >= 15 is 0 Å². The minimum atomic E-state index is -0.0533. The number of hydrogen-bond acceptors (Lipinski definition) is 3. The number of rotatable bonds is 4. The first-order valence-corrected chi connectivity index (χ1v) is 8.69. The van der Waals surface area contributed by atoms with Crippen LogP contribution in [0.5, 0.6) is 0 Å². The lowest BCUT2D eigenvalue weighted by Gasteiger charge is -2.50. The van der Waals surface area contributed by atoms with E-state index in [0.29, 0.717) is 6.73 Å². The van der Waals surface area contributed by atoms with Gasteiger partial charge in [-0.15, -0.1) is 0 Å². The summed E-state index contributed by atoms with van der Waals surface area (Å²) in [6, 6.07) is 0. The summed E-state index contributed by atoms with van der Waals surface area (Å²) in [5, 5.41) is 2.19. The van der Waals surface area contributed by atoms with E-state index in [0.717, 1.165) is 3.92 Å². The van der Waals surface area contributed by atoms with Gasteiger partial charge in [0.05, 0.1) is 0 Å². The highest BCUT2D eigenvalue weighted by molar-refractivity contribution is 14.2. The quantitative estimate of drug-likeness (QED) is 0.549. The van der Waals surface area contributed by atoms with Gasteiger partial charge in [0.2, 0.25) is 0 Å². The minimum Gasteiger partial charge on any atom is -0.274 e. The third-order valence-electron chi connectivity index (χ3n) is 3.18. The van der Waals surface area contributed by atoms with Crippen LogP contribution in [0.1, 0.15) is 60.8 Å². The van der Waals surface area contributed by atoms with E-state index in [9.17, 15) is 0 Å². The molecule has 0 aliphatic carbocycles. The van der Waals surface area contributed by atoms with E-state index in [1.165, 1.54) is 19.3 Å². The Labute approximate surface area is 116 Å². The van der Waals surface area contributed by atoms with Crippen molar-refractivity contribution in [2.75, 3.05) is 6.73 Å². The highest BCUT2D eigenvalue weighted by Gasteiger charge is 2.42. The Morgan fingerprint density at radius 3 is 2.18 bits per heavy atom. The van der Waals surface area contributed by atoms with Gasteiger partial charge in [-0.2, -0.15) is 5.06 Å². The van der Waals surface area contributed by atoms with Crippen molar-refractivity contribution in [2.24, 2.45) is 3.15 Å². The number of alkyl halides is 1. The second-order valence-corrected chi connectivity index (χ2v) is 9.99. The molecule has 1 aliphatic heterocycles. The van der Waals surface area contributed by atoms with Crippen LogP contribution < -0.4 is 0 Å². The summed E-state index contributed by atoms with van der Waals surface area (Å²) in [5.41, 5.74) is 0.265. The van der Waals surface area contributed by atoms with Gasteiger partial charge in [0, 0.05) is 15.0 Å². The Bertz CT molecular complexity index is 259. The smallest absolute Gasteiger partial charge is 0.163 e. The van der Waals surface area contributed by atoms with Gasteiger partial charge in [-0.05, 0) is 68.0 Å². The fourth-order valence-corrected chi connectivity index (χ4v) is 3.64. The van der Waals surface area contributed by atoms with Crippen molar-refractivity contribution < 1.29 is 4.84 Å². The predicted molar refractivity (Wildman–Crippen MR) is 81.4 cm³/mol. The largest absolute Gasteiger partial charge is 0.274 e. The first kappa shape index (κ1) is 15.5. The molecule has 1 fully saturated rings. The molecule has 0 aromatic heterocycles. The normalized spacial score (nSPS) is 25.1. The van der Waals surface area contributed by atoms with Gasteiger partial charge in [-0.1, -0.05) is 13.8 Å². The molecule has 1 heterocycles. The molecule has 1 rings (SSSR count). The van der Waals surface area contributed by atoms with Crippen LogP contribution in [0.2, 0.25) is 0 Å². The van der Waals surface area contributed by atoms with Crippen LogP contribution in [-0.4, -0.2) is 26.8 Å². The summed E-state index contributed by atoms with van der Waals surface area (Å²) in [5.74, 6) is 0. The van der Waals surface area contributed by atoms with Gasteiger partial charge in [0.25, 0.3) is 0 Å². The van der Waals surface area contributed by atoms with Gasteiger partial charge >= 0.3 is 0 Å². The molecule has 0 atom stereocenters. The highest BCUT2D eigenvalue weighted by atomic mass is 127. The summed E-state index contributed by atoms with van der Waals surface area (Å²) < 4.78 is 5.26. The van der Waals surface area contributed by atoms with Gasteiger partial charge in [0.15, 0.2) is 6.73 Å². The van der Waals surface area contributed by atoms with Crippen LogP contribution in [0.25, 0.3) is 0 Å². The van der Waals surface area contributed by atoms with Crippen LogP contribution in [0.4, 0.5) is 0 Å². The van der Waals surface area contributed by atoms with E-state index in [2.05, 4.69) is 49.8 Å². The molecule has 0 bridgehead atoms. The molecule has 0 unspecified atom stereocenters. The molecule has 0 aromatic carbocycles. The third-order valence-corrected chi connectivity index (χ3v) is 4.96. The van der Waals surface area contributed by atoms with Gasteiger partial charge in [-0.25, -0.2) is 3.15 Å². The molecule has 4 heteroatoms. The molecule has 0 aromatic rings. The van der Waals surface area contributed by atoms with E-state index in [4.69, 9.17) is 4.84 Å². The fraction of sp³-hybridized carbons (Fsp3) is 1.00. The molecule has 1 aliphatic rings. The minimum absolute atomic E-state index is 0.0533. The van der Waals surface area contributed by atoms with Crippen molar-refractivity contribution in [1.29, 1.82) is 0 Å². The molecule has 0 N–H and O–H groups in total. The van der Waals surface area contributed by atoms with Crippen molar-refractivity contribution in [3.05, 3.63) is 0 Å². The molecule has 0 amide bonds. The Kier molecular flexibility index (Phi) is 5.53. The lowest BCUT2D eigenvalue weighted by atomic mass is 9.82. The third kappa shape index (κ3) is 4.56. The average Bonchev–Trinajstić information content (AvgIpc) is 2.13. The fourth-order valence-electron chi connectivity index (χ4n) is 2.57. The van der Waals surface area contributed by atoms with E-state index in [-0.39, 0.29) is 32.1 Å². The number of hydrogen-bond donors (Lipinski definition) is 0. The molecule has 102 valence electrons. The molecule has 3 nitrogen and oxygen atoms in total. The summed E-state index contributed by atoms with van der Waals surface area (Å²) in [6.07, 6.45) is 3.70. The summed E-state index contributed by atoms with van der Waals surface area (Å²) >= 11 is -0.0533. The van der Waals surface area contributed by atoms with Crippen LogP contribution in [0.15, 0.2) is 3.15 Å². The monoisotopic (exact) mass is 354 g/mol. The van der Waals surface area contributed by atoms with Crippen LogP contribution in [0, 0.1) is 0 Å². The van der Waals surface area contributed by atoms with Crippen molar-refractivity contribution in [3.63, 3.8) is 0 Å². The first-order chi connectivity index (χ1) is 7.76. The van der Waals surface area contributed by atoms with Crippen molar-refractivity contribution >= 4 is 21.0 Å². The Balaban J connectivity index is 2.58. The van der Waals surface area contributed by atoms with Crippen molar-refractivity contribution in [3.8, 4) is 0 Å². The van der Waals surface area contributed by atoms with E-state index < -0.39 is 0 Å². The maximum Gasteiger partial charge on any atom is 0.163 e. The predicted octanol–water partition coefficient (Wildman–Crippen LogP) is 4.48. The Morgan fingerprint density at radius 2 is 1.71 bits per heavy atom. The topological polar surface area (TPSA) is 24.8 Å².